The minimum atomic E-state index is -1.06. The van der Waals surface area contributed by atoms with Gasteiger partial charge >= 0.3 is 5.97 Å². The van der Waals surface area contributed by atoms with Gasteiger partial charge in [0.1, 0.15) is 10.7 Å². The predicted octanol–water partition coefficient (Wildman–Crippen LogP) is 4.15. The highest BCUT2D eigenvalue weighted by atomic mass is 32.2. The number of carboxylic acids is 1. The van der Waals surface area contributed by atoms with Gasteiger partial charge in [-0.25, -0.2) is 4.79 Å². The van der Waals surface area contributed by atoms with Crippen molar-refractivity contribution in [3.63, 3.8) is 0 Å². The number of aromatic nitrogens is 2. The van der Waals surface area contributed by atoms with Crippen molar-refractivity contribution in [1.82, 2.24) is 10.2 Å². The summed E-state index contributed by atoms with van der Waals surface area (Å²) in [6.07, 6.45) is 1.60. The second-order valence-corrected chi connectivity index (χ2v) is 6.13. The SMILES string of the molecule is CCOc1ccc(/C=C(\Sc2nnc(C)o2)C(=O)O)c2ccccc12. The number of carbonyl (C=O) groups is 1. The van der Waals surface area contributed by atoms with Crippen molar-refractivity contribution in [3.8, 4) is 5.75 Å². The van der Waals surface area contributed by atoms with Crippen molar-refractivity contribution in [1.29, 1.82) is 0 Å². The minimum absolute atomic E-state index is 0.0953. The molecule has 0 fully saturated rings. The molecule has 0 aliphatic rings. The van der Waals surface area contributed by atoms with Gasteiger partial charge in [-0.2, -0.15) is 0 Å². The van der Waals surface area contributed by atoms with Gasteiger partial charge in [-0.05, 0) is 41.8 Å². The van der Waals surface area contributed by atoms with E-state index < -0.39 is 5.97 Å². The van der Waals surface area contributed by atoms with Crippen LogP contribution in [-0.4, -0.2) is 27.9 Å². The van der Waals surface area contributed by atoms with Gasteiger partial charge in [-0.15, -0.1) is 10.2 Å². The zero-order valence-corrected chi connectivity index (χ0v) is 14.5. The van der Waals surface area contributed by atoms with Crippen LogP contribution in [0.3, 0.4) is 0 Å². The first-order valence-electron chi connectivity index (χ1n) is 7.66. The van der Waals surface area contributed by atoms with Gasteiger partial charge in [0, 0.05) is 12.3 Å². The highest BCUT2D eigenvalue weighted by molar-refractivity contribution is 8.03. The number of hydrogen-bond donors (Lipinski definition) is 1. The van der Waals surface area contributed by atoms with Crippen LogP contribution in [0.2, 0.25) is 0 Å². The highest BCUT2D eigenvalue weighted by Crippen LogP contribution is 2.33. The molecule has 0 saturated heterocycles. The van der Waals surface area contributed by atoms with E-state index in [1.165, 1.54) is 0 Å². The van der Waals surface area contributed by atoms with Crippen LogP contribution < -0.4 is 4.74 Å². The quantitative estimate of drug-likeness (QED) is 0.524. The Morgan fingerprint density at radius 1 is 1.24 bits per heavy atom. The van der Waals surface area contributed by atoms with Crippen molar-refractivity contribution in [2.75, 3.05) is 6.61 Å². The van der Waals surface area contributed by atoms with Gasteiger partial charge < -0.3 is 14.3 Å². The molecule has 0 aliphatic heterocycles. The average molecular weight is 356 g/mol. The number of thioether (sulfide) groups is 1. The number of aryl methyl sites for hydroxylation is 1. The Morgan fingerprint density at radius 3 is 2.64 bits per heavy atom. The molecule has 3 rings (SSSR count). The average Bonchev–Trinajstić information content (AvgIpc) is 3.01. The number of ether oxygens (including phenoxy) is 1. The Balaban J connectivity index is 2.05. The second-order valence-electron chi connectivity index (χ2n) is 5.13. The topological polar surface area (TPSA) is 85.5 Å². The predicted molar refractivity (Wildman–Crippen MR) is 95.6 cm³/mol. The van der Waals surface area contributed by atoms with Gasteiger partial charge in [0.15, 0.2) is 0 Å². The van der Waals surface area contributed by atoms with Crippen LogP contribution in [0.15, 0.2) is 50.9 Å². The molecule has 0 aliphatic carbocycles. The van der Waals surface area contributed by atoms with Crippen LogP contribution in [0.1, 0.15) is 18.4 Å². The maximum atomic E-state index is 11.6. The van der Waals surface area contributed by atoms with Gasteiger partial charge in [-0.1, -0.05) is 30.3 Å². The summed E-state index contributed by atoms with van der Waals surface area (Å²) in [5.74, 6) is 0.102. The van der Waals surface area contributed by atoms with Crippen LogP contribution in [0, 0.1) is 6.92 Å². The summed E-state index contributed by atoms with van der Waals surface area (Å²) in [6.45, 7) is 4.14. The number of hydrogen-bond acceptors (Lipinski definition) is 6. The number of fused-ring (bicyclic) bond motifs is 1. The van der Waals surface area contributed by atoms with Crippen LogP contribution >= 0.6 is 11.8 Å². The van der Waals surface area contributed by atoms with Gasteiger partial charge in [-0.3, -0.25) is 0 Å². The summed E-state index contributed by atoms with van der Waals surface area (Å²) in [6, 6.07) is 11.4. The highest BCUT2D eigenvalue weighted by Gasteiger charge is 2.15. The van der Waals surface area contributed by atoms with E-state index in [2.05, 4.69) is 10.2 Å². The van der Waals surface area contributed by atoms with Crippen LogP contribution in [0.4, 0.5) is 0 Å². The lowest BCUT2D eigenvalue weighted by atomic mass is 10.0. The summed E-state index contributed by atoms with van der Waals surface area (Å²) >= 11 is 0.926. The van der Waals surface area contributed by atoms with Crippen molar-refractivity contribution in [2.24, 2.45) is 0 Å². The Bertz CT molecular complexity index is 949. The molecule has 25 heavy (non-hydrogen) atoms. The maximum Gasteiger partial charge on any atom is 0.342 e. The molecule has 3 aromatic rings. The molecule has 0 saturated carbocycles. The summed E-state index contributed by atoms with van der Waals surface area (Å²) in [4.78, 5) is 11.7. The van der Waals surface area contributed by atoms with Gasteiger partial charge in [0.25, 0.3) is 5.22 Å². The summed E-state index contributed by atoms with van der Waals surface area (Å²) in [7, 11) is 0. The fraction of sp³-hybridized carbons (Fsp3) is 0.167. The van der Waals surface area contributed by atoms with Crippen molar-refractivity contribution in [3.05, 3.63) is 52.8 Å². The summed E-state index contributed by atoms with van der Waals surface area (Å²) in [5, 5.41) is 19.1. The van der Waals surface area contributed by atoms with Gasteiger partial charge in [0.05, 0.1) is 6.61 Å². The van der Waals surface area contributed by atoms with E-state index in [4.69, 9.17) is 9.15 Å². The molecule has 2 aromatic carbocycles. The molecule has 0 amide bonds. The monoisotopic (exact) mass is 356 g/mol. The molecule has 0 bridgehead atoms. The smallest absolute Gasteiger partial charge is 0.342 e. The Morgan fingerprint density at radius 2 is 2.00 bits per heavy atom. The fourth-order valence-corrected chi connectivity index (χ4v) is 3.10. The number of aliphatic carboxylic acids is 1. The van der Waals surface area contributed by atoms with Crippen molar-refractivity contribution < 1.29 is 19.1 Å². The van der Waals surface area contributed by atoms with Crippen LogP contribution in [-0.2, 0) is 4.79 Å². The molecule has 7 heteroatoms. The van der Waals surface area contributed by atoms with Crippen molar-refractivity contribution in [2.45, 2.75) is 19.1 Å². The third-order valence-electron chi connectivity index (χ3n) is 3.42. The third kappa shape index (κ3) is 3.83. The summed E-state index contributed by atoms with van der Waals surface area (Å²) < 4.78 is 10.9. The molecule has 1 heterocycles. The zero-order valence-electron chi connectivity index (χ0n) is 13.7. The number of rotatable bonds is 6. The minimum Gasteiger partial charge on any atom is -0.493 e. The van der Waals surface area contributed by atoms with E-state index >= 15 is 0 Å². The lowest BCUT2D eigenvalue weighted by Gasteiger charge is -2.10. The standard InChI is InChI=1S/C18H16N2O4S/c1-3-23-15-9-8-12(13-6-4-5-7-14(13)15)10-16(17(21)22)25-18-20-19-11(2)24-18/h4-10H,3H2,1-2H3,(H,21,22)/b16-10-. The summed E-state index contributed by atoms with van der Waals surface area (Å²) in [5.41, 5.74) is 0.778. The first kappa shape index (κ1) is 17.0. The molecule has 1 N–H and O–H groups in total. The third-order valence-corrected chi connectivity index (χ3v) is 4.27. The molecule has 0 atom stereocenters. The molecular weight excluding hydrogens is 340 g/mol. The lowest BCUT2D eigenvalue weighted by Crippen LogP contribution is -1.97. The fourth-order valence-electron chi connectivity index (χ4n) is 2.39. The molecule has 0 radical (unpaired) electrons. The molecule has 0 unspecified atom stereocenters. The lowest BCUT2D eigenvalue weighted by molar-refractivity contribution is -0.131. The zero-order chi connectivity index (χ0) is 17.8. The van der Waals surface area contributed by atoms with Gasteiger partial charge in [0.2, 0.25) is 5.89 Å². The van der Waals surface area contributed by atoms with Crippen LogP contribution in [0.25, 0.3) is 16.8 Å². The van der Waals surface area contributed by atoms with E-state index in [1.54, 1.807) is 13.0 Å². The Labute approximate surface area is 148 Å². The Hall–Kier alpha value is -2.80. The normalized spacial score (nSPS) is 11.7. The molecular formula is C18H16N2O4S. The first-order valence-corrected chi connectivity index (χ1v) is 8.47. The van der Waals surface area contributed by atoms with E-state index in [-0.39, 0.29) is 10.1 Å². The number of benzene rings is 2. The van der Waals surface area contributed by atoms with Crippen molar-refractivity contribution >= 4 is 34.6 Å². The van der Waals surface area contributed by atoms with Crippen LogP contribution in [0.5, 0.6) is 5.75 Å². The maximum absolute atomic E-state index is 11.6. The largest absolute Gasteiger partial charge is 0.493 e. The number of carboxylic acid groups (broad SMARTS) is 1. The molecule has 128 valence electrons. The molecule has 6 nitrogen and oxygen atoms in total. The van der Waals surface area contributed by atoms with E-state index in [0.29, 0.717) is 12.5 Å². The first-order chi connectivity index (χ1) is 12.1. The van der Waals surface area contributed by atoms with E-state index in [9.17, 15) is 9.90 Å². The molecule has 0 spiro atoms. The number of nitrogens with zero attached hydrogens (tertiary/aromatic N) is 2. The van der Waals surface area contributed by atoms with E-state index in [1.807, 2.05) is 43.3 Å². The second kappa shape index (κ2) is 7.40. The van der Waals surface area contributed by atoms with E-state index in [0.717, 1.165) is 33.8 Å². The molecule has 1 aromatic heterocycles. The Kier molecular flexibility index (Phi) is 5.04.